The number of aromatic amines is 1. The molecule has 1 atom stereocenters. The number of para-hydroxylation sites is 1. The quantitative estimate of drug-likeness (QED) is 0.612. The third-order valence-corrected chi connectivity index (χ3v) is 3.30. The van der Waals surface area contributed by atoms with Gasteiger partial charge in [0.1, 0.15) is 0 Å². The van der Waals surface area contributed by atoms with Gasteiger partial charge in [-0.1, -0.05) is 18.2 Å². The van der Waals surface area contributed by atoms with Crippen molar-refractivity contribution in [2.45, 2.75) is 25.4 Å². The van der Waals surface area contributed by atoms with Gasteiger partial charge in [0, 0.05) is 23.5 Å². The summed E-state index contributed by atoms with van der Waals surface area (Å²) >= 11 is 0. The summed E-state index contributed by atoms with van der Waals surface area (Å²) in [5.41, 5.74) is 2.23. The van der Waals surface area contributed by atoms with E-state index in [1.54, 1.807) is 0 Å². The van der Waals surface area contributed by atoms with Crippen LogP contribution in [0.5, 0.6) is 0 Å². The Balaban J connectivity index is 1.76. The number of aryl methyl sites for hydroxylation is 1. The van der Waals surface area contributed by atoms with Crippen LogP contribution in [-0.2, 0) is 16.0 Å². The predicted octanol–water partition coefficient (Wildman–Crippen LogP) is 1.05. The summed E-state index contributed by atoms with van der Waals surface area (Å²) in [5, 5.41) is 21.1. The van der Waals surface area contributed by atoms with Gasteiger partial charge in [-0.2, -0.15) is 0 Å². The molecule has 0 aliphatic heterocycles. The van der Waals surface area contributed by atoms with Crippen molar-refractivity contribution in [3.05, 3.63) is 36.0 Å². The van der Waals surface area contributed by atoms with Gasteiger partial charge in [-0.25, -0.2) is 4.79 Å². The molecule has 0 radical (unpaired) electrons. The molecule has 2 aromatic rings. The minimum absolute atomic E-state index is 0.254. The molecule has 0 saturated heterocycles. The lowest BCUT2D eigenvalue weighted by Crippen LogP contribution is -2.36. The Morgan fingerprint density at radius 2 is 2.05 bits per heavy atom. The molecule has 0 aliphatic rings. The van der Waals surface area contributed by atoms with Gasteiger partial charge in [-0.05, 0) is 24.5 Å². The molecular weight excluding hydrogens is 272 g/mol. The van der Waals surface area contributed by atoms with Crippen LogP contribution in [0.25, 0.3) is 10.9 Å². The monoisotopic (exact) mass is 290 g/mol. The number of aromatic nitrogens is 1. The third-order valence-electron chi connectivity index (χ3n) is 3.30. The summed E-state index contributed by atoms with van der Waals surface area (Å²) in [6, 6.07) is 7.97. The van der Waals surface area contributed by atoms with E-state index < -0.39 is 12.1 Å². The van der Waals surface area contributed by atoms with Crippen molar-refractivity contribution in [1.82, 2.24) is 10.3 Å². The number of aliphatic hydroxyl groups is 1. The number of hydrogen-bond donors (Lipinski definition) is 4. The first-order chi connectivity index (χ1) is 10.1. The molecule has 1 amide bonds. The van der Waals surface area contributed by atoms with Crippen LogP contribution >= 0.6 is 0 Å². The fourth-order valence-corrected chi connectivity index (χ4v) is 2.16. The number of carbonyl (C=O) groups is 2. The van der Waals surface area contributed by atoms with Crippen LogP contribution in [0, 0.1) is 0 Å². The predicted molar refractivity (Wildman–Crippen MR) is 77.9 cm³/mol. The number of H-pyrrole nitrogens is 1. The Labute approximate surface area is 121 Å². The van der Waals surface area contributed by atoms with Gasteiger partial charge in [-0.15, -0.1) is 0 Å². The number of carbonyl (C=O) groups excluding carboxylic acids is 1. The average molecular weight is 290 g/mol. The first-order valence-corrected chi connectivity index (χ1v) is 6.80. The molecule has 1 aromatic heterocycles. The van der Waals surface area contributed by atoms with Gasteiger partial charge in [0.2, 0.25) is 5.91 Å². The van der Waals surface area contributed by atoms with Crippen LogP contribution in [0.15, 0.2) is 30.5 Å². The van der Waals surface area contributed by atoms with Crippen molar-refractivity contribution in [1.29, 1.82) is 0 Å². The number of rotatable bonds is 7. The lowest BCUT2D eigenvalue weighted by molar-refractivity contribution is -0.146. The summed E-state index contributed by atoms with van der Waals surface area (Å²) in [6.45, 7) is -0.263. The summed E-state index contributed by atoms with van der Waals surface area (Å²) in [6.07, 6.45) is 2.11. The number of carboxylic acid groups (broad SMARTS) is 1. The van der Waals surface area contributed by atoms with E-state index in [9.17, 15) is 9.59 Å². The SMILES string of the molecule is O=C(CCCc1c[nH]c2ccccc12)NCC(O)C(=O)O. The average Bonchev–Trinajstić information content (AvgIpc) is 2.88. The van der Waals surface area contributed by atoms with Gasteiger partial charge >= 0.3 is 5.97 Å². The Hall–Kier alpha value is -2.34. The summed E-state index contributed by atoms with van der Waals surface area (Å²) < 4.78 is 0. The highest BCUT2D eigenvalue weighted by Crippen LogP contribution is 2.19. The normalized spacial score (nSPS) is 12.2. The number of benzene rings is 1. The Morgan fingerprint density at radius 1 is 1.29 bits per heavy atom. The van der Waals surface area contributed by atoms with Gasteiger partial charge in [0.05, 0.1) is 6.54 Å². The van der Waals surface area contributed by atoms with Crippen LogP contribution in [0.4, 0.5) is 0 Å². The molecule has 2 rings (SSSR count). The molecule has 0 fully saturated rings. The molecule has 1 unspecified atom stereocenters. The maximum atomic E-state index is 11.5. The minimum atomic E-state index is -1.55. The number of nitrogens with one attached hydrogen (secondary N) is 2. The number of amides is 1. The topological polar surface area (TPSA) is 102 Å². The molecular formula is C15H18N2O4. The first kappa shape index (κ1) is 15.1. The van der Waals surface area contributed by atoms with Crippen molar-refractivity contribution in [2.75, 3.05) is 6.54 Å². The molecule has 0 bridgehead atoms. The number of hydrogen-bond acceptors (Lipinski definition) is 3. The molecule has 0 saturated carbocycles. The zero-order valence-electron chi connectivity index (χ0n) is 11.5. The molecule has 6 heteroatoms. The Bertz CT molecular complexity index is 635. The number of aliphatic hydroxyl groups excluding tert-OH is 1. The lowest BCUT2D eigenvalue weighted by atomic mass is 10.1. The van der Waals surface area contributed by atoms with E-state index in [4.69, 9.17) is 10.2 Å². The highest BCUT2D eigenvalue weighted by molar-refractivity contribution is 5.83. The lowest BCUT2D eigenvalue weighted by Gasteiger charge is -2.07. The molecule has 6 nitrogen and oxygen atoms in total. The summed E-state index contributed by atoms with van der Waals surface area (Å²) in [5.74, 6) is -1.59. The van der Waals surface area contributed by atoms with Gasteiger partial charge in [-0.3, -0.25) is 4.79 Å². The van der Waals surface area contributed by atoms with E-state index in [2.05, 4.69) is 10.3 Å². The van der Waals surface area contributed by atoms with Crippen molar-refractivity contribution < 1.29 is 19.8 Å². The van der Waals surface area contributed by atoms with Crippen LogP contribution in [0.3, 0.4) is 0 Å². The smallest absolute Gasteiger partial charge is 0.334 e. The second-order valence-corrected chi connectivity index (χ2v) is 4.87. The van der Waals surface area contributed by atoms with E-state index in [1.807, 2.05) is 30.5 Å². The standard InChI is InChI=1S/C15H18N2O4/c18-13(15(20)21)9-17-14(19)7-3-4-10-8-16-12-6-2-1-5-11(10)12/h1-2,5-6,8,13,16,18H,3-4,7,9H2,(H,17,19)(H,20,21). The molecule has 1 heterocycles. The number of carboxylic acids is 1. The molecule has 1 aromatic carbocycles. The fraction of sp³-hybridized carbons (Fsp3) is 0.333. The number of aliphatic carboxylic acids is 1. The first-order valence-electron chi connectivity index (χ1n) is 6.80. The molecule has 0 spiro atoms. The van der Waals surface area contributed by atoms with Crippen LogP contribution in [-0.4, -0.2) is 39.7 Å². The van der Waals surface area contributed by atoms with E-state index in [0.717, 1.165) is 22.9 Å². The van der Waals surface area contributed by atoms with E-state index >= 15 is 0 Å². The van der Waals surface area contributed by atoms with Gasteiger partial charge in [0.15, 0.2) is 6.10 Å². The van der Waals surface area contributed by atoms with E-state index in [0.29, 0.717) is 12.8 Å². The Kier molecular flexibility index (Phi) is 4.94. The van der Waals surface area contributed by atoms with Gasteiger partial charge in [0.25, 0.3) is 0 Å². The van der Waals surface area contributed by atoms with E-state index in [1.165, 1.54) is 0 Å². The largest absolute Gasteiger partial charge is 0.479 e. The fourth-order valence-electron chi connectivity index (χ4n) is 2.16. The van der Waals surface area contributed by atoms with Crippen LogP contribution in [0.2, 0.25) is 0 Å². The molecule has 21 heavy (non-hydrogen) atoms. The van der Waals surface area contributed by atoms with Gasteiger partial charge < -0.3 is 20.5 Å². The number of fused-ring (bicyclic) bond motifs is 1. The van der Waals surface area contributed by atoms with Crippen molar-refractivity contribution in [2.24, 2.45) is 0 Å². The maximum Gasteiger partial charge on any atom is 0.334 e. The zero-order valence-corrected chi connectivity index (χ0v) is 11.5. The Morgan fingerprint density at radius 3 is 2.81 bits per heavy atom. The minimum Gasteiger partial charge on any atom is -0.479 e. The highest BCUT2D eigenvalue weighted by Gasteiger charge is 2.13. The summed E-state index contributed by atoms with van der Waals surface area (Å²) in [4.78, 5) is 25.1. The van der Waals surface area contributed by atoms with Crippen LogP contribution in [0.1, 0.15) is 18.4 Å². The summed E-state index contributed by atoms with van der Waals surface area (Å²) in [7, 11) is 0. The molecule has 112 valence electrons. The highest BCUT2D eigenvalue weighted by atomic mass is 16.4. The second-order valence-electron chi connectivity index (χ2n) is 4.87. The van der Waals surface area contributed by atoms with E-state index in [-0.39, 0.29) is 12.5 Å². The molecule has 0 aliphatic carbocycles. The molecule has 4 N–H and O–H groups in total. The maximum absolute atomic E-state index is 11.5. The van der Waals surface area contributed by atoms with Crippen molar-refractivity contribution >= 4 is 22.8 Å². The second kappa shape index (κ2) is 6.90. The third kappa shape index (κ3) is 4.06. The van der Waals surface area contributed by atoms with Crippen molar-refractivity contribution in [3.8, 4) is 0 Å². The van der Waals surface area contributed by atoms with Crippen LogP contribution < -0.4 is 5.32 Å². The van der Waals surface area contributed by atoms with Crippen molar-refractivity contribution in [3.63, 3.8) is 0 Å². The zero-order chi connectivity index (χ0) is 15.2.